The first kappa shape index (κ1) is 18.4. The molecule has 0 heterocycles. The Morgan fingerprint density at radius 3 is 2.56 bits per heavy atom. The lowest BCUT2D eigenvalue weighted by Crippen LogP contribution is -2.32. The molecule has 0 aliphatic rings. The number of rotatable bonds is 5. The maximum Gasteiger partial charge on any atom is 0.250 e. The van der Waals surface area contributed by atoms with E-state index in [1.807, 2.05) is 0 Å². The molecule has 7 heteroatoms. The molecule has 1 amide bonds. The Morgan fingerprint density at radius 1 is 1.12 bits per heavy atom. The highest BCUT2D eigenvalue weighted by molar-refractivity contribution is 7.80. The molecule has 0 fully saturated rings. The third-order valence-electron chi connectivity index (χ3n) is 3.15. The molecule has 0 aromatic heterocycles. The largest absolute Gasteiger partial charge is 0.493 e. The predicted molar refractivity (Wildman–Crippen MR) is 99.3 cm³/mol. The van der Waals surface area contributed by atoms with Crippen LogP contribution in [0.25, 0.3) is 6.08 Å². The third-order valence-corrected chi connectivity index (χ3v) is 3.36. The minimum atomic E-state index is -0.413. The Labute approximate surface area is 150 Å². The Kier molecular flexibility index (Phi) is 6.47. The fourth-order valence-corrected chi connectivity index (χ4v) is 2.23. The number of ether oxygens (including phenoxy) is 2. The fraction of sp³-hybridized carbons (Fsp3) is 0.111. The first-order chi connectivity index (χ1) is 12.0. The molecular weight excluding hydrogens is 343 g/mol. The summed E-state index contributed by atoms with van der Waals surface area (Å²) in [6.07, 6.45) is 2.95. The summed E-state index contributed by atoms with van der Waals surface area (Å²) >= 11 is 5.02. The molecule has 2 aromatic carbocycles. The van der Waals surface area contributed by atoms with Crippen LogP contribution in [0.4, 0.5) is 10.1 Å². The topological polar surface area (TPSA) is 59.6 Å². The Balaban J connectivity index is 1.95. The summed E-state index contributed by atoms with van der Waals surface area (Å²) in [7, 11) is 3.09. The highest BCUT2D eigenvalue weighted by Gasteiger charge is 2.05. The van der Waals surface area contributed by atoms with Crippen molar-refractivity contribution in [1.29, 1.82) is 0 Å². The molecule has 0 radical (unpaired) electrons. The van der Waals surface area contributed by atoms with Crippen molar-refractivity contribution in [2.45, 2.75) is 0 Å². The number of carbonyl (C=O) groups is 1. The van der Waals surface area contributed by atoms with E-state index in [0.717, 1.165) is 5.56 Å². The van der Waals surface area contributed by atoms with Gasteiger partial charge in [-0.1, -0.05) is 12.1 Å². The Bertz CT molecular complexity index is 809. The van der Waals surface area contributed by atoms with Crippen molar-refractivity contribution in [1.82, 2.24) is 5.32 Å². The number of hydrogen-bond acceptors (Lipinski definition) is 4. The van der Waals surface area contributed by atoms with E-state index in [4.69, 9.17) is 21.7 Å². The average molecular weight is 360 g/mol. The van der Waals surface area contributed by atoms with E-state index >= 15 is 0 Å². The van der Waals surface area contributed by atoms with E-state index in [2.05, 4.69) is 10.6 Å². The fourth-order valence-electron chi connectivity index (χ4n) is 2.01. The standard InChI is InChI=1S/C18H17FN2O3S/c1-23-15-8-6-12(10-16(15)24-2)7-9-17(22)21-18(25)20-14-5-3-4-13(19)11-14/h3-11H,1-2H3,(H2,20,21,22,25)/b9-7+. The van der Waals surface area contributed by atoms with Crippen molar-refractivity contribution in [3.05, 3.63) is 59.9 Å². The van der Waals surface area contributed by atoms with Crippen LogP contribution >= 0.6 is 12.2 Å². The lowest BCUT2D eigenvalue weighted by atomic mass is 10.2. The molecule has 0 atom stereocenters. The van der Waals surface area contributed by atoms with Gasteiger partial charge in [0.15, 0.2) is 16.6 Å². The van der Waals surface area contributed by atoms with Crippen LogP contribution in [0.3, 0.4) is 0 Å². The highest BCUT2D eigenvalue weighted by Crippen LogP contribution is 2.27. The smallest absolute Gasteiger partial charge is 0.250 e. The van der Waals surface area contributed by atoms with Crippen molar-refractivity contribution < 1.29 is 18.7 Å². The summed E-state index contributed by atoms with van der Waals surface area (Å²) in [4.78, 5) is 11.9. The van der Waals surface area contributed by atoms with Gasteiger partial charge in [0.1, 0.15) is 5.82 Å². The summed E-state index contributed by atoms with van der Waals surface area (Å²) < 4.78 is 23.5. The van der Waals surface area contributed by atoms with Crippen molar-refractivity contribution in [2.24, 2.45) is 0 Å². The molecule has 0 saturated carbocycles. The summed E-state index contributed by atoms with van der Waals surface area (Å²) in [5, 5.41) is 5.30. The molecule has 0 spiro atoms. The van der Waals surface area contributed by atoms with E-state index in [-0.39, 0.29) is 5.11 Å². The number of halogens is 1. The van der Waals surface area contributed by atoms with Gasteiger partial charge in [0.2, 0.25) is 5.91 Å². The van der Waals surface area contributed by atoms with Gasteiger partial charge in [-0.15, -0.1) is 0 Å². The lowest BCUT2D eigenvalue weighted by molar-refractivity contribution is -0.115. The molecule has 2 N–H and O–H groups in total. The van der Waals surface area contributed by atoms with Crippen molar-refractivity contribution in [3.63, 3.8) is 0 Å². The summed E-state index contributed by atoms with van der Waals surface area (Å²) in [5.41, 5.74) is 1.21. The number of methoxy groups -OCH3 is 2. The molecule has 0 saturated heterocycles. The number of carbonyl (C=O) groups excluding carboxylic acids is 1. The van der Waals surface area contributed by atoms with Crippen LogP contribution in [0.5, 0.6) is 11.5 Å². The predicted octanol–water partition coefficient (Wildman–Crippen LogP) is 3.37. The van der Waals surface area contributed by atoms with E-state index in [9.17, 15) is 9.18 Å². The second-order valence-electron chi connectivity index (χ2n) is 4.90. The number of anilines is 1. The first-order valence-electron chi connectivity index (χ1n) is 7.29. The number of nitrogens with one attached hydrogen (secondary N) is 2. The van der Waals surface area contributed by atoms with Gasteiger partial charge < -0.3 is 14.8 Å². The normalized spacial score (nSPS) is 10.4. The van der Waals surface area contributed by atoms with Crippen LogP contribution in [0.1, 0.15) is 5.56 Å². The van der Waals surface area contributed by atoms with Crippen LogP contribution in [-0.4, -0.2) is 25.2 Å². The minimum Gasteiger partial charge on any atom is -0.493 e. The van der Waals surface area contributed by atoms with Gasteiger partial charge in [0.05, 0.1) is 14.2 Å². The van der Waals surface area contributed by atoms with Gasteiger partial charge in [0.25, 0.3) is 0 Å². The molecule has 2 aromatic rings. The molecule has 5 nitrogen and oxygen atoms in total. The number of amides is 1. The monoisotopic (exact) mass is 360 g/mol. The lowest BCUT2D eigenvalue weighted by Gasteiger charge is -2.08. The van der Waals surface area contributed by atoms with Crippen LogP contribution in [-0.2, 0) is 4.79 Å². The SMILES string of the molecule is COc1ccc(/C=C/C(=O)NC(=S)Nc2cccc(F)c2)cc1OC. The van der Waals surface area contributed by atoms with Crippen LogP contribution in [0.2, 0.25) is 0 Å². The van der Waals surface area contributed by atoms with Crippen molar-refractivity contribution in [3.8, 4) is 11.5 Å². The Hall–Kier alpha value is -2.93. The molecule has 0 aliphatic heterocycles. The zero-order valence-electron chi connectivity index (χ0n) is 13.7. The average Bonchev–Trinajstić information content (AvgIpc) is 2.59. The van der Waals surface area contributed by atoms with Crippen molar-refractivity contribution >= 4 is 35.0 Å². The van der Waals surface area contributed by atoms with Gasteiger partial charge in [-0.2, -0.15) is 0 Å². The molecular formula is C18H17FN2O3S. The van der Waals surface area contributed by atoms with Gasteiger partial charge in [-0.05, 0) is 54.2 Å². The molecule has 0 bridgehead atoms. The molecule has 25 heavy (non-hydrogen) atoms. The van der Waals surface area contributed by atoms with E-state index in [1.54, 1.807) is 43.5 Å². The number of thiocarbonyl (C=S) groups is 1. The highest BCUT2D eigenvalue weighted by atomic mass is 32.1. The third kappa shape index (κ3) is 5.58. The molecule has 0 unspecified atom stereocenters. The zero-order chi connectivity index (χ0) is 18.2. The van der Waals surface area contributed by atoms with Crippen LogP contribution < -0.4 is 20.1 Å². The maximum atomic E-state index is 13.1. The number of hydrogen-bond donors (Lipinski definition) is 2. The quantitative estimate of drug-likeness (QED) is 0.632. The van der Waals surface area contributed by atoms with Gasteiger partial charge in [-0.3, -0.25) is 10.1 Å². The second-order valence-corrected chi connectivity index (χ2v) is 5.31. The van der Waals surface area contributed by atoms with Gasteiger partial charge >= 0.3 is 0 Å². The Morgan fingerprint density at radius 2 is 1.88 bits per heavy atom. The van der Waals surface area contributed by atoms with E-state index in [1.165, 1.54) is 25.3 Å². The summed E-state index contributed by atoms with van der Waals surface area (Å²) in [5.74, 6) is 0.356. The maximum absolute atomic E-state index is 13.1. The zero-order valence-corrected chi connectivity index (χ0v) is 14.5. The van der Waals surface area contributed by atoms with Crippen LogP contribution in [0.15, 0.2) is 48.5 Å². The van der Waals surface area contributed by atoms with E-state index in [0.29, 0.717) is 17.2 Å². The minimum absolute atomic E-state index is 0.0764. The molecule has 2 rings (SSSR count). The molecule has 130 valence electrons. The van der Waals surface area contributed by atoms with E-state index < -0.39 is 11.7 Å². The van der Waals surface area contributed by atoms with Gasteiger partial charge in [-0.25, -0.2) is 4.39 Å². The summed E-state index contributed by atoms with van der Waals surface area (Å²) in [6, 6.07) is 11.0. The molecule has 0 aliphatic carbocycles. The van der Waals surface area contributed by atoms with Crippen LogP contribution in [0, 0.1) is 5.82 Å². The summed E-state index contributed by atoms with van der Waals surface area (Å²) in [6.45, 7) is 0. The van der Waals surface area contributed by atoms with Crippen molar-refractivity contribution in [2.75, 3.05) is 19.5 Å². The number of benzene rings is 2. The van der Waals surface area contributed by atoms with Gasteiger partial charge in [0, 0.05) is 11.8 Å². The second kappa shape index (κ2) is 8.79. The first-order valence-corrected chi connectivity index (χ1v) is 7.70.